The smallest absolute Gasteiger partial charge is 0.302 e. The number of nitrogens with two attached hydrogens (primary N) is 1. The quantitative estimate of drug-likeness (QED) is 0.775. The molecule has 1 rings (SSSR count). The Balaban J connectivity index is 3.16. The molecule has 0 saturated heterocycles. The van der Waals surface area contributed by atoms with E-state index >= 15 is 0 Å². The Hall–Kier alpha value is -1.76. The molecule has 114 valence electrons. The lowest BCUT2D eigenvalue weighted by atomic mass is 10.3. The number of anilines is 1. The number of aromatic nitrogens is 2. The highest BCUT2D eigenvalue weighted by Crippen LogP contribution is 2.36. The second-order valence-electron chi connectivity index (χ2n) is 3.59. The van der Waals surface area contributed by atoms with E-state index in [1.165, 1.54) is 0 Å². The predicted molar refractivity (Wildman–Crippen MR) is 54.2 cm³/mol. The fourth-order valence-electron chi connectivity index (χ4n) is 1.08. The van der Waals surface area contributed by atoms with E-state index in [0.717, 1.165) is 23.2 Å². The molecule has 0 aliphatic rings. The first-order valence-corrected chi connectivity index (χ1v) is 6.14. The first kappa shape index (κ1) is 16.3. The summed E-state index contributed by atoms with van der Waals surface area (Å²) in [6, 6.07) is 0. The molecule has 0 bridgehead atoms. The topological polar surface area (TPSA) is 107 Å². The molecule has 3 N–H and O–H groups in total. The normalized spacial score (nSPS) is 13.3. The summed E-state index contributed by atoms with van der Waals surface area (Å²) in [5.74, 6) is -9.50. The van der Waals surface area contributed by atoms with Gasteiger partial charge in [-0.3, -0.25) is 9.48 Å². The minimum atomic E-state index is -6.13. The average molecular weight is 322 g/mol. The number of hydrogen-bond donors (Lipinski definition) is 2. The molecule has 1 aromatic heterocycles. The van der Waals surface area contributed by atoms with Crippen LogP contribution < -0.4 is 10.5 Å². The molecule has 0 atom stereocenters. The van der Waals surface area contributed by atoms with Crippen molar-refractivity contribution in [3.05, 3.63) is 6.20 Å². The molecule has 7 nitrogen and oxygen atoms in total. The van der Waals surface area contributed by atoms with E-state index < -0.39 is 38.7 Å². The number of hydrogen-bond acceptors (Lipinski definition) is 4. The first-order valence-electron chi connectivity index (χ1n) is 4.59. The number of amides is 1. The molecule has 0 aromatic carbocycles. The molecule has 0 unspecified atom stereocenters. The monoisotopic (exact) mass is 322 g/mol. The number of nitrogens with zero attached hydrogens (tertiary/aromatic N) is 2. The van der Waals surface area contributed by atoms with Crippen molar-refractivity contribution in [1.29, 1.82) is 0 Å². The number of sulfonamides is 1. The Morgan fingerprint density at radius 1 is 1.35 bits per heavy atom. The van der Waals surface area contributed by atoms with E-state index in [0.29, 0.717) is 0 Å². The molecule has 0 saturated carbocycles. The fraction of sp³-hybridized carbons (Fsp3) is 0.429. The van der Waals surface area contributed by atoms with E-state index in [4.69, 9.17) is 5.14 Å². The molecule has 0 radical (unpaired) electrons. The number of halogens is 5. The van der Waals surface area contributed by atoms with E-state index in [1.807, 2.05) is 0 Å². The van der Waals surface area contributed by atoms with Gasteiger partial charge >= 0.3 is 18.0 Å². The summed E-state index contributed by atoms with van der Waals surface area (Å²) >= 11 is 0. The van der Waals surface area contributed by atoms with E-state index in [9.17, 15) is 35.2 Å². The van der Waals surface area contributed by atoms with Crippen molar-refractivity contribution >= 4 is 21.7 Å². The van der Waals surface area contributed by atoms with Crippen molar-refractivity contribution in [3.8, 4) is 0 Å². The number of nitrogens with one attached hydrogen (secondary N) is 1. The molecule has 0 spiro atoms. The van der Waals surface area contributed by atoms with E-state index in [-0.39, 0.29) is 0 Å². The number of primary sulfonamides is 1. The van der Waals surface area contributed by atoms with E-state index in [2.05, 4.69) is 5.10 Å². The van der Waals surface area contributed by atoms with Crippen molar-refractivity contribution in [2.75, 3.05) is 5.32 Å². The third-order valence-electron chi connectivity index (χ3n) is 1.97. The zero-order chi connectivity index (χ0) is 15.9. The van der Waals surface area contributed by atoms with E-state index in [1.54, 1.807) is 0 Å². The standard InChI is InChI=1S/C7H7F5N4O3S/c1-16-2-3(20(13,18)19)4(15-16)14-5(17)6(8,9)7(10,11)12/h2H,1H3,(H2,13,18,19)(H,14,15,17). The third-order valence-corrected chi connectivity index (χ3v) is 2.89. The van der Waals surface area contributed by atoms with Crippen LogP contribution in [0.25, 0.3) is 0 Å². The summed E-state index contributed by atoms with van der Waals surface area (Å²) in [4.78, 5) is 10.0. The van der Waals surface area contributed by atoms with Gasteiger partial charge in [0, 0.05) is 13.2 Å². The maximum Gasteiger partial charge on any atom is 0.463 e. The minimum Gasteiger partial charge on any atom is -0.302 e. The average Bonchev–Trinajstić information content (AvgIpc) is 2.57. The van der Waals surface area contributed by atoms with Crippen LogP contribution >= 0.6 is 0 Å². The summed E-state index contributed by atoms with van der Waals surface area (Å²) in [6.07, 6.45) is -5.40. The van der Waals surface area contributed by atoms with Gasteiger partial charge in [-0.25, -0.2) is 13.6 Å². The third kappa shape index (κ3) is 3.04. The van der Waals surface area contributed by atoms with Gasteiger partial charge in [0.05, 0.1) is 0 Å². The van der Waals surface area contributed by atoms with Crippen LogP contribution in [0.5, 0.6) is 0 Å². The lowest BCUT2D eigenvalue weighted by Gasteiger charge is -2.18. The summed E-state index contributed by atoms with van der Waals surface area (Å²) in [5, 5.41) is 9.02. The lowest BCUT2D eigenvalue weighted by molar-refractivity contribution is -0.267. The Morgan fingerprint density at radius 3 is 2.25 bits per heavy atom. The van der Waals surface area contributed by atoms with Crippen molar-refractivity contribution in [2.24, 2.45) is 12.2 Å². The van der Waals surface area contributed by atoms with Crippen LogP contribution in [-0.4, -0.2) is 36.2 Å². The Morgan fingerprint density at radius 2 is 1.85 bits per heavy atom. The zero-order valence-electron chi connectivity index (χ0n) is 9.57. The van der Waals surface area contributed by atoms with Gasteiger partial charge in [-0.15, -0.1) is 0 Å². The molecule has 13 heteroatoms. The highest BCUT2D eigenvalue weighted by atomic mass is 32.2. The van der Waals surface area contributed by atoms with Gasteiger partial charge in [-0.1, -0.05) is 0 Å². The second kappa shape index (κ2) is 4.66. The number of carbonyl (C=O) groups is 1. The number of alkyl halides is 5. The Bertz CT molecular complexity index is 635. The van der Waals surface area contributed by atoms with Crippen molar-refractivity contribution in [3.63, 3.8) is 0 Å². The number of carbonyl (C=O) groups excluding carboxylic acids is 1. The van der Waals surface area contributed by atoms with Crippen molar-refractivity contribution in [2.45, 2.75) is 17.0 Å². The molecule has 1 heterocycles. The van der Waals surface area contributed by atoms with Crippen LogP contribution in [0.1, 0.15) is 0 Å². The van der Waals surface area contributed by atoms with Gasteiger partial charge in [0.1, 0.15) is 4.90 Å². The van der Waals surface area contributed by atoms with Gasteiger partial charge in [0.15, 0.2) is 5.82 Å². The van der Waals surface area contributed by atoms with Gasteiger partial charge in [0.2, 0.25) is 10.0 Å². The summed E-state index contributed by atoms with van der Waals surface area (Å²) in [5.41, 5.74) is 0. The Labute approximate surface area is 108 Å². The van der Waals surface area contributed by atoms with Crippen LogP contribution in [-0.2, 0) is 21.9 Å². The van der Waals surface area contributed by atoms with Crippen LogP contribution in [0.15, 0.2) is 11.1 Å². The lowest BCUT2D eigenvalue weighted by Crippen LogP contribution is -2.47. The maximum atomic E-state index is 12.7. The Kier molecular flexibility index (Phi) is 3.80. The summed E-state index contributed by atoms with van der Waals surface area (Å²) < 4.78 is 84.1. The zero-order valence-corrected chi connectivity index (χ0v) is 10.4. The molecule has 20 heavy (non-hydrogen) atoms. The van der Waals surface area contributed by atoms with Crippen LogP contribution in [0.4, 0.5) is 27.8 Å². The molecule has 1 amide bonds. The van der Waals surface area contributed by atoms with Gasteiger partial charge in [-0.05, 0) is 0 Å². The highest BCUT2D eigenvalue weighted by molar-refractivity contribution is 7.89. The predicted octanol–water partition coefficient (Wildman–Crippen LogP) is 0.204. The second-order valence-corrected chi connectivity index (χ2v) is 5.12. The molecule has 0 aliphatic carbocycles. The van der Waals surface area contributed by atoms with Crippen LogP contribution in [0, 0.1) is 0 Å². The summed E-state index contributed by atoms with van der Waals surface area (Å²) in [7, 11) is -3.32. The fourth-order valence-corrected chi connectivity index (χ4v) is 1.74. The number of aryl methyl sites for hydroxylation is 1. The summed E-state index contributed by atoms with van der Waals surface area (Å²) in [6.45, 7) is 0. The molecule has 0 fully saturated rings. The molecular formula is C7H7F5N4O3S. The molecular weight excluding hydrogens is 315 g/mol. The van der Waals surface area contributed by atoms with Crippen LogP contribution in [0.2, 0.25) is 0 Å². The van der Waals surface area contributed by atoms with Gasteiger partial charge in [-0.2, -0.15) is 27.1 Å². The minimum absolute atomic E-state index is 0.733. The van der Waals surface area contributed by atoms with Crippen molar-refractivity contribution < 1.29 is 35.2 Å². The van der Waals surface area contributed by atoms with Crippen LogP contribution in [0.3, 0.4) is 0 Å². The largest absolute Gasteiger partial charge is 0.463 e. The van der Waals surface area contributed by atoms with Gasteiger partial charge < -0.3 is 5.32 Å². The van der Waals surface area contributed by atoms with Gasteiger partial charge in [0.25, 0.3) is 0 Å². The SMILES string of the molecule is Cn1cc(S(N)(=O)=O)c(NC(=O)C(F)(F)C(F)(F)F)n1. The first-order chi connectivity index (χ1) is 8.76. The molecule has 0 aliphatic heterocycles. The highest BCUT2D eigenvalue weighted by Gasteiger charge is 2.63. The number of rotatable bonds is 3. The van der Waals surface area contributed by atoms with Crippen molar-refractivity contribution in [1.82, 2.24) is 9.78 Å². The molecule has 1 aromatic rings. The maximum absolute atomic E-state index is 12.7.